The fraction of sp³-hybridized carbons (Fsp3) is 0.500. The second-order valence-electron chi connectivity index (χ2n) is 5.21. The number of nitrogen functional groups attached to an aromatic ring is 1. The Morgan fingerprint density at radius 2 is 2.00 bits per heavy atom. The minimum absolute atomic E-state index is 0.186. The summed E-state index contributed by atoms with van der Waals surface area (Å²) in [6.45, 7) is 3.16. The Balaban J connectivity index is 2.35. The van der Waals surface area contributed by atoms with Crippen molar-refractivity contribution < 1.29 is 13.2 Å². The van der Waals surface area contributed by atoms with E-state index in [9.17, 15) is 8.42 Å². The van der Waals surface area contributed by atoms with Crippen molar-refractivity contribution >= 4 is 21.4 Å². The van der Waals surface area contributed by atoms with Crippen LogP contribution in [0.5, 0.6) is 0 Å². The van der Waals surface area contributed by atoms with E-state index in [0.717, 1.165) is 0 Å². The highest BCUT2D eigenvalue weighted by atomic mass is 32.2. The highest BCUT2D eigenvalue weighted by molar-refractivity contribution is 7.89. The molecule has 1 fully saturated rings. The lowest BCUT2D eigenvalue weighted by Gasteiger charge is -2.40. The van der Waals surface area contributed by atoms with Crippen LogP contribution in [0.25, 0.3) is 0 Å². The quantitative estimate of drug-likeness (QED) is 0.796. The van der Waals surface area contributed by atoms with Crippen molar-refractivity contribution in [2.45, 2.75) is 17.4 Å². The SMILES string of the molecule is CN(C)S(=O)(=O)c1ccc(N)c(NC2(C)COC2)c1. The van der Waals surface area contributed by atoms with E-state index in [1.54, 1.807) is 12.1 Å². The summed E-state index contributed by atoms with van der Waals surface area (Å²) in [7, 11) is -0.454. The number of nitrogens with zero attached hydrogens (tertiary/aromatic N) is 1. The molecule has 1 aromatic rings. The summed E-state index contributed by atoms with van der Waals surface area (Å²) in [5.41, 5.74) is 6.84. The van der Waals surface area contributed by atoms with Crippen molar-refractivity contribution in [3.05, 3.63) is 18.2 Å². The van der Waals surface area contributed by atoms with Crippen molar-refractivity contribution in [1.82, 2.24) is 4.31 Å². The Kier molecular flexibility index (Phi) is 3.46. The highest BCUT2D eigenvalue weighted by Crippen LogP contribution is 2.29. The second-order valence-corrected chi connectivity index (χ2v) is 7.37. The summed E-state index contributed by atoms with van der Waals surface area (Å²) in [5.74, 6) is 0. The van der Waals surface area contributed by atoms with Gasteiger partial charge in [-0.05, 0) is 25.1 Å². The van der Waals surface area contributed by atoms with Crippen LogP contribution in [0.3, 0.4) is 0 Å². The molecule has 106 valence electrons. The van der Waals surface area contributed by atoms with Gasteiger partial charge in [0.2, 0.25) is 10.0 Å². The number of benzene rings is 1. The molecule has 0 saturated carbocycles. The van der Waals surface area contributed by atoms with E-state index in [-0.39, 0.29) is 10.4 Å². The van der Waals surface area contributed by atoms with Crippen LogP contribution in [0.2, 0.25) is 0 Å². The number of hydrogen-bond acceptors (Lipinski definition) is 5. The molecule has 7 heteroatoms. The average Bonchev–Trinajstić information content (AvgIpc) is 2.29. The molecule has 1 saturated heterocycles. The van der Waals surface area contributed by atoms with Crippen molar-refractivity contribution in [2.24, 2.45) is 0 Å². The highest BCUT2D eigenvalue weighted by Gasteiger charge is 2.33. The molecule has 0 aromatic heterocycles. The zero-order chi connectivity index (χ0) is 14.3. The van der Waals surface area contributed by atoms with Gasteiger partial charge in [-0.15, -0.1) is 0 Å². The molecule has 0 radical (unpaired) electrons. The predicted molar refractivity (Wildman–Crippen MR) is 74.6 cm³/mol. The van der Waals surface area contributed by atoms with Crippen LogP contribution in [0, 0.1) is 0 Å². The van der Waals surface area contributed by atoms with Crippen LogP contribution in [0.15, 0.2) is 23.1 Å². The smallest absolute Gasteiger partial charge is 0.242 e. The van der Waals surface area contributed by atoms with E-state index >= 15 is 0 Å². The molecule has 0 unspecified atom stereocenters. The van der Waals surface area contributed by atoms with Crippen molar-refractivity contribution in [3.63, 3.8) is 0 Å². The Morgan fingerprint density at radius 3 is 2.47 bits per heavy atom. The maximum atomic E-state index is 12.1. The van der Waals surface area contributed by atoms with Crippen molar-refractivity contribution in [3.8, 4) is 0 Å². The third-order valence-electron chi connectivity index (χ3n) is 3.08. The topological polar surface area (TPSA) is 84.7 Å². The van der Waals surface area contributed by atoms with Gasteiger partial charge in [-0.3, -0.25) is 0 Å². The summed E-state index contributed by atoms with van der Waals surface area (Å²) >= 11 is 0. The molecular weight excluding hydrogens is 266 g/mol. The summed E-state index contributed by atoms with van der Waals surface area (Å²) in [4.78, 5) is 0.220. The molecule has 1 heterocycles. The molecular formula is C12H19N3O3S. The number of hydrogen-bond donors (Lipinski definition) is 2. The van der Waals surface area contributed by atoms with Gasteiger partial charge in [-0.25, -0.2) is 12.7 Å². The van der Waals surface area contributed by atoms with Crippen LogP contribution in [0.1, 0.15) is 6.92 Å². The maximum Gasteiger partial charge on any atom is 0.242 e. The number of ether oxygens (including phenoxy) is 1. The first-order valence-electron chi connectivity index (χ1n) is 5.93. The van der Waals surface area contributed by atoms with Gasteiger partial charge in [-0.2, -0.15) is 0 Å². The van der Waals surface area contributed by atoms with Crippen LogP contribution < -0.4 is 11.1 Å². The third-order valence-corrected chi connectivity index (χ3v) is 4.89. The number of nitrogens with one attached hydrogen (secondary N) is 1. The first-order chi connectivity index (χ1) is 8.74. The van der Waals surface area contributed by atoms with E-state index < -0.39 is 10.0 Å². The van der Waals surface area contributed by atoms with Gasteiger partial charge in [0.05, 0.1) is 35.0 Å². The lowest BCUT2D eigenvalue weighted by atomic mass is 10.00. The largest absolute Gasteiger partial charge is 0.397 e. The summed E-state index contributed by atoms with van der Waals surface area (Å²) < 4.78 is 30.5. The molecule has 0 aliphatic carbocycles. The monoisotopic (exact) mass is 285 g/mol. The summed E-state index contributed by atoms with van der Waals surface area (Å²) in [6, 6.07) is 4.67. The fourth-order valence-corrected chi connectivity index (χ4v) is 2.75. The Morgan fingerprint density at radius 1 is 1.37 bits per heavy atom. The van der Waals surface area contributed by atoms with Gasteiger partial charge in [0, 0.05) is 14.1 Å². The molecule has 0 amide bonds. The molecule has 3 N–H and O–H groups in total. The Labute approximate surface area is 113 Å². The third kappa shape index (κ3) is 2.68. The molecule has 2 rings (SSSR count). The van der Waals surface area contributed by atoms with Crippen molar-refractivity contribution in [2.75, 3.05) is 38.4 Å². The van der Waals surface area contributed by atoms with E-state index in [0.29, 0.717) is 24.6 Å². The number of nitrogens with two attached hydrogens (primary N) is 1. The maximum absolute atomic E-state index is 12.1. The molecule has 0 spiro atoms. The van der Waals surface area contributed by atoms with E-state index in [1.807, 2.05) is 6.92 Å². The van der Waals surface area contributed by atoms with Gasteiger partial charge in [-0.1, -0.05) is 0 Å². The van der Waals surface area contributed by atoms with E-state index in [4.69, 9.17) is 10.5 Å². The number of anilines is 2. The van der Waals surface area contributed by atoms with Gasteiger partial charge in [0.15, 0.2) is 0 Å². The van der Waals surface area contributed by atoms with Gasteiger partial charge in [0.1, 0.15) is 0 Å². The first kappa shape index (κ1) is 14.1. The summed E-state index contributed by atoms with van der Waals surface area (Å²) in [5, 5.41) is 3.24. The molecule has 0 atom stereocenters. The average molecular weight is 285 g/mol. The fourth-order valence-electron chi connectivity index (χ4n) is 1.82. The number of sulfonamides is 1. The zero-order valence-corrected chi connectivity index (χ0v) is 12.1. The lowest BCUT2D eigenvalue weighted by Crippen LogP contribution is -2.53. The molecule has 19 heavy (non-hydrogen) atoms. The molecule has 6 nitrogen and oxygen atoms in total. The molecule has 1 aliphatic rings. The standard InChI is InChI=1S/C12H19N3O3S/c1-12(7-18-8-12)14-11-6-9(4-5-10(11)13)19(16,17)15(2)3/h4-6,14H,7-8,13H2,1-3H3. The molecule has 1 aromatic carbocycles. The van der Waals surface area contributed by atoms with Gasteiger partial charge in [0.25, 0.3) is 0 Å². The van der Waals surface area contributed by atoms with E-state index in [1.165, 1.54) is 24.5 Å². The molecule has 0 bridgehead atoms. The van der Waals surface area contributed by atoms with Crippen LogP contribution >= 0.6 is 0 Å². The van der Waals surface area contributed by atoms with Gasteiger partial charge >= 0.3 is 0 Å². The van der Waals surface area contributed by atoms with Crippen LogP contribution in [-0.2, 0) is 14.8 Å². The zero-order valence-electron chi connectivity index (χ0n) is 11.3. The summed E-state index contributed by atoms with van der Waals surface area (Å²) in [6.07, 6.45) is 0. The lowest BCUT2D eigenvalue weighted by molar-refractivity contribution is -0.0318. The molecule has 1 aliphatic heterocycles. The second kappa shape index (κ2) is 4.66. The van der Waals surface area contributed by atoms with Crippen LogP contribution in [0.4, 0.5) is 11.4 Å². The van der Waals surface area contributed by atoms with Gasteiger partial charge < -0.3 is 15.8 Å². The number of rotatable bonds is 4. The minimum atomic E-state index is -3.45. The predicted octanol–water partition coefficient (Wildman–Crippen LogP) is 0.720. The first-order valence-corrected chi connectivity index (χ1v) is 7.37. The van der Waals surface area contributed by atoms with E-state index in [2.05, 4.69) is 5.32 Å². The Bertz CT molecular complexity index is 580. The Hall–Kier alpha value is -1.31. The minimum Gasteiger partial charge on any atom is -0.397 e. The van der Waals surface area contributed by atoms with Crippen LogP contribution in [-0.4, -0.2) is 45.6 Å². The normalized spacial score (nSPS) is 18.1. The van der Waals surface area contributed by atoms with Crippen molar-refractivity contribution in [1.29, 1.82) is 0 Å².